The van der Waals surface area contributed by atoms with Crippen molar-refractivity contribution in [2.24, 2.45) is 17.3 Å². The average Bonchev–Trinajstić information content (AvgIpc) is 2.83. The van der Waals surface area contributed by atoms with Gasteiger partial charge in [0.2, 0.25) is 5.79 Å². The first kappa shape index (κ1) is 11.2. The molecule has 1 spiro atoms. The zero-order valence-corrected chi connectivity index (χ0v) is 11.8. The van der Waals surface area contributed by atoms with Crippen molar-refractivity contribution in [1.82, 2.24) is 0 Å². The van der Waals surface area contributed by atoms with Crippen LogP contribution in [0.25, 0.3) is 0 Å². The molecular weight excluding hydrogens is 268 g/mol. The lowest BCUT2D eigenvalue weighted by Gasteiger charge is -2.31. The molecule has 3 heteroatoms. The first-order valence-corrected chi connectivity index (χ1v) is 6.90. The van der Waals surface area contributed by atoms with E-state index in [0.29, 0.717) is 17.3 Å². The second-order valence-corrected chi connectivity index (χ2v) is 6.94. The van der Waals surface area contributed by atoms with Crippen LogP contribution >= 0.6 is 15.9 Å². The van der Waals surface area contributed by atoms with Crippen molar-refractivity contribution in [3.05, 3.63) is 10.1 Å². The van der Waals surface area contributed by atoms with Gasteiger partial charge in [-0.2, -0.15) is 0 Å². The highest BCUT2D eigenvalue weighted by Gasteiger charge is 2.60. The van der Waals surface area contributed by atoms with Crippen LogP contribution in [0.1, 0.15) is 33.6 Å². The van der Waals surface area contributed by atoms with Crippen molar-refractivity contribution in [3.63, 3.8) is 0 Å². The van der Waals surface area contributed by atoms with Crippen molar-refractivity contribution in [3.8, 4) is 0 Å². The lowest BCUT2D eigenvalue weighted by atomic mass is 9.88. The van der Waals surface area contributed by atoms with Gasteiger partial charge in [-0.05, 0) is 47.0 Å². The zero-order valence-electron chi connectivity index (χ0n) is 10.2. The number of rotatable bonds is 0. The van der Waals surface area contributed by atoms with E-state index in [2.05, 4.69) is 36.7 Å². The van der Waals surface area contributed by atoms with Gasteiger partial charge in [-0.3, -0.25) is 0 Å². The van der Waals surface area contributed by atoms with E-state index in [1.54, 1.807) is 0 Å². The minimum Gasteiger partial charge on any atom is -0.343 e. The van der Waals surface area contributed by atoms with Gasteiger partial charge in [0.25, 0.3) is 0 Å². The van der Waals surface area contributed by atoms with Gasteiger partial charge in [0.1, 0.15) is 0 Å². The normalized spacial score (nSPS) is 39.8. The quantitative estimate of drug-likeness (QED) is 0.679. The largest absolute Gasteiger partial charge is 0.343 e. The Hall–Kier alpha value is 0.140. The molecule has 0 bridgehead atoms. The summed E-state index contributed by atoms with van der Waals surface area (Å²) in [5.41, 5.74) is 1.87. The zero-order chi connectivity index (χ0) is 11.6. The van der Waals surface area contributed by atoms with Crippen LogP contribution in [0.15, 0.2) is 10.1 Å². The highest BCUT2D eigenvalue weighted by Crippen LogP contribution is 2.62. The van der Waals surface area contributed by atoms with E-state index in [0.717, 1.165) is 13.2 Å². The molecule has 0 N–H and O–H groups in total. The lowest BCUT2D eigenvalue weighted by molar-refractivity contribution is -0.157. The van der Waals surface area contributed by atoms with Crippen LogP contribution in [0.4, 0.5) is 0 Å². The lowest BCUT2D eigenvalue weighted by Crippen LogP contribution is -2.37. The summed E-state index contributed by atoms with van der Waals surface area (Å²) in [5, 5.41) is 0. The van der Waals surface area contributed by atoms with E-state index in [9.17, 15) is 0 Å². The topological polar surface area (TPSA) is 18.5 Å². The molecule has 2 atom stereocenters. The molecule has 0 aromatic rings. The van der Waals surface area contributed by atoms with Crippen molar-refractivity contribution >= 4 is 15.9 Å². The summed E-state index contributed by atoms with van der Waals surface area (Å²) in [6, 6.07) is 0. The number of halogens is 1. The smallest absolute Gasteiger partial charge is 0.205 e. The molecule has 16 heavy (non-hydrogen) atoms. The second kappa shape index (κ2) is 3.33. The van der Waals surface area contributed by atoms with Gasteiger partial charge in [0, 0.05) is 5.92 Å². The van der Waals surface area contributed by atoms with Crippen LogP contribution in [-0.2, 0) is 9.47 Å². The van der Waals surface area contributed by atoms with Gasteiger partial charge in [0.15, 0.2) is 0 Å². The van der Waals surface area contributed by atoms with Gasteiger partial charge in [-0.25, -0.2) is 0 Å². The van der Waals surface area contributed by atoms with E-state index in [1.165, 1.54) is 22.9 Å². The third-order valence-corrected chi connectivity index (χ3v) is 5.62. The Morgan fingerprint density at radius 2 is 1.81 bits per heavy atom. The van der Waals surface area contributed by atoms with E-state index < -0.39 is 5.79 Å². The van der Waals surface area contributed by atoms with Gasteiger partial charge in [-0.15, -0.1) is 0 Å². The maximum atomic E-state index is 5.96. The highest BCUT2D eigenvalue weighted by molar-refractivity contribution is 9.11. The van der Waals surface area contributed by atoms with E-state index >= 15 is 0 Å². The number of hydrogen-bond acceptors (Lipinski definition) is 2. The molecule has 0 aromatic carbocycles. The summed E-state index contributed by atoms with van der Waals surface area (Å²) >= 11 is 3.71. The van der Waals surface area contributed by atoms with Gasteiger partial charge < -0.3 is 9.47 Å². The molecule has 1 saturated heterocycles. The van der Waals surface area contributed by atoms with Crippen LogP contribution in [-0.4, -0.2) is 19.0 Å². The Labute approximate surface area is 106 Å². The first-order chi connectivity index (χ1) is 7.46. The number of fused-ring (bicyclic) bond motifs is 2. The Bertz CT molecular complexity index is 353. The Morgan fingerprint density at radius 3 is 2.44 bits per heavy atom. The van der Waals surface area contributed by atoms with Crippen molar-refractivity contribution in [1.29, 1.82) is 0 Å². The number of hydrogen-bond donors (Lipinski definition) is 0. The molecule has 0 amide bonds. The van der Waals surface area contributed by atoms with Gasteiger partial charge >= 0.3 is 0 Å². The highest BCUT2D eigenvalue weighted by atomic mass is 79.9. The van der Waals surface area contributed by atoms with Crippen LogP contribution in [0.5, 0.6) is 0 Å². The Morgan fingerprint density at radius 1 is 1.19 bits per heavy atom. The molecule has 0 aromatic heterocycles. The molecular formula is C13H19BrO2. The molecule has 2 nitrogen and oxygen atoms in total. The summed E-state index contributed by atoms with van der Waals surface area (Å²) in [6.45, 7) is 8.39. The monoisotopic (exact) mass is 286 g/mol. The SMILES string of the molecule is CC1=C(Br)C2(OCCO2)[C@@H]2CC(C)(C)C[C@H]12. The molecule has 1 heterocycles. The molecule has 2 aliphatic carbocycles. The predicted molar refractivity (Wildman–Crippen MR) is 66.3 cm³/mol. The van der Waals surface area contributed by atoms with Gasteiger partial charge in [-0.1, -0.05) is 19.4 Å². The molecule has 3 aliphatic rings. The summed E-state index contributed by atoms with van der Waals surface area (Å²) < 4.78 is 13.1. The predicted octanol–water partition coefficient (Wildman–Crippen LogP) is 3.46. The first-order valence-electron chi connectivity index (χ1n) is 6.11. The van der Waals surface area contributed by atoms with Crippen LogP contribution < -0.4 is 0 Å². The molecule has 0 radical (unpaired) electrons. The van der Waals surface area contributed by atoms with Crippen molar-refractivity contribution < 1.29 is 9.47 Å². The van der Waals surface area contributed by atoms with Crippen molar-refractivity contribution in [2.75, 3.05) is 13.2 Å². The van der Waals surface area contributed by atoms with E-state index in [4.69, 9.17) is 9.47 Å². The van der Waals surface area contributed by atoms with E-state index in [-0.39, 0.29) is 0 Å². The number of allylic oxidation sites excluding steroid dienone is 1. The number of ether oxygens (including phenoxy) is 2. The summed E-state index contributed by atoms with van der Waals surface area (Å²) in [7, 11) is 0. The van der Waals surface area contributed by atoms with Crippen LogP contribution in [0.3, 0.4) is 0 Å². The Kier molecular flexibility index (Phi) is 2.34. The summed E-state index contributed by atoms with van der Waals surface area (Å²) in [6.07, 6.45) is 2.46. The third kappa shape index (κ3) is 1.31. The van der Waals surface area contributed by atoms with Crippen LogP contribution in [0, 0.1) is 17.3 Å². The molecule has 0 unspecified atom stereocenters. The average molecular weight is 287 g/mol. The molecule has 3 rings (SSSR count). The molecule has 1 aliphatic heterocycles. The minimum absolute atomic E-state index is 0.423. The molecule has 1 saturated carbocycles. The second-order valence-electron chi connectivity index (χ2n) is 6.15. The minimum atomic E-state index is -0.428. The Balaban J connectivity index is 2.02. The fourth-order valence-electron chi connectivity index (χ4n) is 3.78. The fraction of sp³-hybridized carbons (Fsp3) is 0.846. The van der Waals surface area contributed by atoms with Crippen molar-refractivity contribution in [2.45, 2.75) is 39.4 Å². The standard InChI is InChI=1S/C13H19BrO2/c1-8-9-6-12(2,3)7-10(9)13(11(8)14)15-4-5-16-13/h9-10H,4-7H2,1-3H3/t9-,10-/m1/s1. The molecule has 90 valence electrons. The van der Waals surface area contributed by atoms with Crippen LogP contribution in [0.2, 0.25) is 0 Å². The third-order valence-electron chi connectivity index (χ3n) is 4.44. The summed E-state index contributed by atoms with van der Waals surface area (Å²) in [4.78, 5) is 0. The van der Waals surface area contributed by atoms with Gasteiger partial charge in [0.05, 0.1) is 17.7 Å². The van der Waals surface area contributed by atoms with E-state index in [1.807, 2.05) is 0 Å². The maximum Gasteiger partial charge on any atom is 0.205 e. The fourth-order valence-corrected chi connectivity index (χ4v) is 4.60. The molecule has 2 fully saturated rings. The summed E-state index contributed by atoms with van der Waals surface area (Å²) in [5.74, 6) is 0.726. The maximum absolute atomic E-state index is 5.96.